The molecular formula is C40H47ClN4O5. The fourth-order valence-electron chi connectivity index (χ4n) is 7.30. The van der Waals surface area contributed by atoms with Gasteiger partial charge in [0.2, 0.25) is 0 Å². The number of ether oxygens (including phenoxy) is 3. The van der Waals surface area contributed by atoms with Gasteiger partial charge in [0, 0.05) is 62.3 Å². The summed E-state index contributed by atoms with van der Waals surface area (Å²) in [6.45, 7) is 9.93. The average Bonchev–Trinajstić information content (AvgIpc) is 3.50. The van der Waals surface area contributed by atoms with Crippen molar-refractivity contribution in [2.45, 2.75) is 65.4 Å². The number of halogens is 1. The van der Waals surface area contributed by atoms with E-state index in [9.17, 15) is 10.0 Å². The molecule has 1 saturated heterocycles. The molecule has 2 aliphatic rings. The largest absolute Gasteiger partial charge is 0.493 e. The van der Waals surface area contributed by atoms with E-state index in [1.54, 1.807) is 12.4 Å². The Morgan fingerprint density at radius 1 is 0.960 bits per heavy atom. The number of likely N-dealkylation sites (tertiary alicyclic amines) is 1. The molecule has 1 aromatic heterocycles. The lowest BCUT2D eigenvalue weighted by atomic mass is 9.78. The summed E-state index contributed by atoms with van der Waals surface area (Å²) in [7, 11) is 0. The standard InChI is InChI=1S/C40H47ClN4O5/c1-28-31(25-50-39-20-38(49-24-30-7-5-14-42-22-30)32(19-36(39)41)23-43-15-16-44-47)8-3-9-34(28)35-10-4-11-37(29(35)2)48-18-6-17-45-26-40(27-45)13-12-33(46)21-40/h3-5,7-11,14,19-20,22,33,43,46H,6,12-13,15-18,21,23-27H2,1-2H3. The maximum absolute atomic E-state index is 10.5. The van der Waals surface area contributed by atoms with Crippen molar-refractivity contribution in [2.75, 3.05) is 39.3 Å². The Bertz CT molecular complexity index is 1750. The zero-order valence-corrected chi connectivity index (χ0v) is 29.8. The first-order valence-electron chi connectivity index (χ1n) is 17.5. The highest BCUT2D eigenvalue weighted by atomic mass is 35.5. The van der Waals surface area contributed by atoms with Crippen molar-refractivity contribution >= 4 is 11.6 Å². The Balaban J connectivity index is 1.09. The van der Waals surface area contributed by atoms with E-state index < -0.39 is 0 Å². The van der Waals surface area contributed by atoms with Gasteiger partial charge in [0.1, 0.15) is 30.5 Å². The van der Waals surface area contributed by atoms with Crippen LogP contribution in [0.3, 0.4) is 0 Å². The third-order valence-corrected chi connectivity index (χ3v) is 10.3. The van der Waals surface area contributed by atoms with E-state index in [-0.39, 0.29) is 12.6 Å². The SMILES string of the molecule is Cc1c(COc2cc(OCc3cccnc3)c(CNCCN=O)cc2Cl)cccc1-c1cccc(OCCCN2CC3(CCC(O)C3)C2)c1C. The predicted octanol–water partition coefficient (Wildman–Crippen LogP) is 7.65. The Morgan fingerprint density at radius 2 is 1.76 bits per heavy atom. The molecule has 2 fully saturated rings. The van der Waals surface area contributed by atoms with Gasteiger partial charge in [-0.3, -0.25) is 4.98 Å². The van der Waals surface area contributed by atoms with Crippen LogP contribution in [0, 0.1) is 24.2 Å². The van der Waals surface area contributed by atoms with Gasteiger partial charge in [0.05, 0.1) is 24.3 Å². The molecule has 1 aliphatic heterocycles. The molecule has 1 aliphatic carbocycles. The number of hydrogen-bond donors (Lipinski definition) is 2. The number of aliphatic hydroxyl groups excluding tert-OH is 1. The molecule has 6 rings (SSSR count). The second kappa shape index (κ2) is 16.8. The zero-order chi connectivity index (χ0) is 34.9. The third kappa shape index (κ3) is 8.82. The first-order chi connectivity index (χ1) is 24.3. The van der Waals surface area contributed by atoms with Crippen molar-refractivity contribution in [3.63, 3.8) is 0 Å². The molecule has 0 radical (unpaired) electrons. The first-order valence-corrected chi connectivity index (χ1v) is 17.9. The number of nitrogens with one attached hydrogen (secondary N) is 1. The number of nitrogens with zero attached hydrogens (tertiary/aromatic N) is 3. The Labute approximate surface area is 299 Å². The molecule has 0 bridgehead atoms. The molecule has 2 N–H and O–H groups in total. The van der Waals surface area contributed by atoms with Crippen molar-refractivity contribution in [1.82, 2.24) is 15.2 Å². The highest BCUT2D eigenvalue weighted by Gasteiger charge is 2.47. The smallest absolute Gasteiger partial charge is 0.142 e. The monoisotopic (exact) mass is 698 g/mol. The number of aromatic nitrogens is 1. The predicted molar refractivity (Wildman–Crippen MR) is 197 cm³/mol. The van der Waals surface area contributed by atoms with Crippen LogP contribution in [0.1, 0.15) is 53.5 Å². The fraction of sp³-hybridized carbons (Fsp3) is 0.425. The van der Waals surface area contributed by atoms with Gasteiger partial charge in [-0.1, -0.05) is 53.2 Å². The van der Waals surface area contributed by atoms with Gasteiger partial charge in [-0.2, -0.15) is 4.91 Å². The minimum Gasteiger partial charge on any atom is -0.493 e. The average molecular weight is 699 g/mol. The van der Waals surface area contributed by atoms with Crippen molar-refractivity contribution in [2.24, 2.45) is 10.6 Å². The van der Waals surface area contributed by atoms with Gasteiger partial charge in [-0.15, -0.1) is 0 Å². The molecule has 4 aromatic rings. The van der Waals surface area contributed by atoms with Crippen molar-refractivity contribution in [1.29, 1.82) is 0 Å². The lowest BCUT2D eigenvalue weighted by molar-refractivity contribution is -0.00612. The van der Waals surface area contributed by atoms with Gasteiger partial charge < -0.3 is 29.5 Å². The second-order valence-electron chi connectivity index (χ2n) is 13.7. The number of hydrogen-bond acceptors (Lipinski definition) is 9. The third-order valence-electron chi connectivity index (χ3n) is 10.0. The minimum atomic E-state index is -0.103. The highest BCUT2D eigenvalue weighted by Crippen LogP contribution is 2.45. The molecule has 50 heavy (non-hydrogen) atoms. The van der Waals surface area contributed by atoms with Crippen molar-refractivity contribution in [3.8, 4) is 28.4 Å². The van der Waals surface area contributed by atoms with Crippen LogP contribution in [0.15, 0.2) is 78.2 Å². The van der Waals surface area contributed by atoms with E-state index in [4.69, 9.17) is 25.8 Å². The summed E-state index contributed by atoms with van der Waals surface area (Å²) >= 11 is 6.73. The summed E-state index contributed by atoms with van der Waals surface area (Å²) in [4.78, 5) is 17.2. The van der Waals surface area contributed by atoms with Gasteiger partial charge in [-0.05, 0) is 91.0 Å². The first kappa shape index (κ1) is 35.8. The molecule has 1 unspecified atom stereocenters. The Morgan fingerprint density at radius 3 is 2.52 bits per heavy atom. The Hall–Kier alpha value is -4.02. The fourth-order valence-corrected chi connectivity index (χ4v) is 7.54. The number of pyridine rings is 1. The van der Waals surface area contributed by atoms with E-state index >= 15 is 0 Å². The molecule has 0 amide bonds. The van der Waals surface area contributed by atoms with Gasteiger partial charge in [0.15, 0.2) is 0 Å². The number of rotatable bonds is 17. The highest BCUT2D eigenvalue weighted by molar-refractivity contribution is 6.32. The molecule has 10 heteroatoms. The van der Waals surface area contributed by atoms with Crippen LogP contribution in [-0.2, 0) is 19.8 Å². The van der Waals surface area contributed by atoms with Crippen molar-refractivity contribution < 1.29 is 19.3 Å². The van der Waals surface area contributed by atoms with Crippen LogP contribution in [0.4, 0.5) is 0 Å². The molecular weight excluding hydrogens is 652 g/mol. The quantitative estimate of drug-likeness (QED) is 0.0856. The van der Waals surface area contributed by atoms with Crippen LogP contribution in [0.5, 0.6) is 17.2 Å². The molecule has 3 aromatic carbocycles. The Kier molecular flexibility index (Phi) is 12.0. The lowest BCUT2D eigenvalue weighted by Gasteiger charge is -2.48. The summed E-state index contributed by atoms with van der Waals surface area (Å²) in [5.41, 5.74) is 7.73. The zero-order valence-electron chi connectivity index (χ0n) is 29.0. The van der Waals surface area contributed by atoms with Crippen LogP contribution in [0.2, 0.25) is 5.02 Å². The topological polar surface area (TPSA) is 106 Å². The van der Waals surface area contributed by atoms with E-state index in [0.717, 1.165) is 90.0 Å². The maximum atomic E-state index is 10.5. The van der Waals surface area contributed by atoms with Gasteiger partial charge >= 0.3 is 0 Å². The van der Waals surface area contributed by atoms with Crippen LogP contribution in [-0.4, -0.2) is 60.4 Å². The summed E-state index contributed by atoms with van der Waals surface area (Å²) in [6.07, 6.45) is 7.44. The number of nitroso groups, excluding NO2 is 1. The van der Waals surface area contributed by atoms with Gasteiger partial charge in [0.25, 0.3) is 0 Å². The number of aliphatic hydroxyl groups is 1. The molecule has 1 spiro atoms. The number of benzene rings is 3. The lowest BCUT2D eigenvalue weighted by Crippen LogP contribution is -2.55. The minimum absolute atomic E-state index is 0.103. The van der Waals surface area contributed by atoms with E-state index in [1.807, 2.05) is 30.3 Å². The van der Waals surface area contributed by atoms with Crippen LogP contribution in [0.25, 0.3) is 11.1 Å². The van der Waals surface area contributed by atoms with Gasteiger partial charge in [-0.25, -0.2) is 0 Å². The summed E-state index contributed by atoms with van der Waals surface area (Å²) in [6, 6.07) is 20.0. The second-order valence-corrected chi connectivity index (χ2v) is 14.1. The van der Waals surface area contributed by atoms with E-state index in [1.165, 1.54) is 0 Å². The molecule has 1 saturated carbocycles. The maximum Gasteiger partial charge on any atom is 0.142 e. The molecule has 9 nitrogen and oxygen atoms in total. The van der Waals surface area contributed by atoms with Crippen LogP contribution < -0.4 is 19.5 Å². The van der Waals surface area contributed by atoms with Crippen LogP contribution >= 0.6 is 11.6 Å². The van der Waals surface area contributed by atoms with Crippen molar-refractivity contribution in [3.05, 3.63) is 111 Å². The van der Waals surface area contributed by atoms with E-state index in [2.05, 4.69) is 64.6 Å². The molecule has 264 valence electrons. The van der Waals surface area contributed by atoms with E-state index in [0.29, 0.717) is 54.8 Å². The molecule has 1 atom stereocenters. The molecule has 2 heterocycles. The summed E-state index contributed by atoms with van der Waals surface area (Å²) in [5, 5.41) is 16.5. The summed E-state index contributed by atoms with van der Waals surface area (Å²) in [5.74, 6) is 2.07. The normalized spacial score (nSPS) is 16.7. The summed E-state index contributed by atoms with van der Waals surface area (Å²) < 4.78 is 18.8.